The van der Waals surface area contributed by atoms with Crippen molar-refractivity contribution in [3.05, 3.63) is 41.5 Å². The summed E-state index contributed by atoms with van der Waals surface area (Å²) in [6.45, 7) is 2.88. The second-order valence-electron chi connectivity index (χ2n) is 6.29. The van der Waals surface area contributed by atoms with Crippen LogP contribution in [-0.2, 0) is 6.18 Å². The van der Waals surface area contributed by atoms with Gasteiger partial charge in [-0.3, -0.25) is 4.90 Å². The summed E-state index contributed by atoms with van der Waals surface area (Å²) in [5.74, 6) is 2.19. The normalized spacial score (nSPS) is 16.2. The zero-order valence-corrected chi connectivity index (χ0v) is 14.1. The maximum absolute atomic E-state index is 12.5. The average Bonchev–Trinajstić information content (AvgIpc) is 3.31. The van der Waals surface area contributed by atoms with Crippen LogP contribution in [0.3, 0.4) is 0 Å². The van der Waals surface area contributed by atoms with Crippen LogP contribution in [0.5, 0.6) is 5.75 Å². The van der Waals surface area contributed by atoms with Gasteiger partial charge in [0.25, 0.3) is 0 Å². The molecule has 1 atom stereocenters. The van der Waals surface area contributed by atoms with Gasteiger partial charge in [0.1, 0.15) is 12.4 Å². The molecule has 1 unspecified atom stereocenters. The quantitative estimate of drug-likeness (QED) is 0.750. The minimum Gasteiger partial charge on any atom is -0.492 e. The van der Waals surface area contributed by atoms with E-state index in [9.17, 15) is 13.2 Å². The number of hydrogen-bond donors (Lipinski definition) is 0. The molecule has 0 amide bonds. The predicted octanol–water partition coefficient (Wildman–Crippen LogP) is 4.04. The Labute approximate surface area is 143 Å². The van der Waals surface area contributed by atoms with Crippen molar-refractivity contribution in [1.29, 1.82) is 0 Å². The Bertz CT molecular complexity index is 696. The Balaban J connectivity index is 1.47. The lowest BCUT2D eigenvalue weighted by Crippen LogP contribution is -2.27. The van der Waals surface area contributed by atoms with E-state index in [4.69, 9.17) is 9.26 Å². The first kappa shape index (κ1) is 17.7. The van der Waals surface area contributed by atoms with Gasteiger partial charge in [-0.2, -0.15) is 18.2 Å². The highest BCUT2D eigenvalue weighted by Crippen LogP contribution is 2.38. The molecule has 0 spiro atoms. The van der Waals surface area contributed by atoms with Crippen LogP contribution in [0.4, 0.5) is 13.2 Å². The number of alkyl halides is 3. The standard InChI is InChI=1S/C17H20F3N3O2/c1-11(16-21-15(22-25-16)12-3-4-12)23(2)9-10-24-14-7-5-13(6-8-14)17(18,19)20/h5-8,11-12H,3-4,9-10H2,1-2H3. The minimum absolute atomic E-state index is 0.0591. The fourth-order valence-electron chi connectivity index (χ4n) is 2.35. The summed E-state index contributed by atoms with van der Waals surface area (Å²) in [6, 6.07) is 4.62. The van der Waals surface area contributed by atoms with Crippen molar-refractivity contribution in [2.75, 3.05) is 20.2 Å². The summed E-state index contributed by atoms with van der Waals surface area (Å²) in [5, 5.41) is 4.00. The summed E-state index contributed by atoms with van der Waals surface area (Å²) in [5.41, 5.74) is -0.687. The van der Waals surface area contributed by atoms with Crippen molar-refractivity contribution >= 4 is 0 Å². The third-order valence-electron chi connectivity index (χ3n) is 4.31. The van der Waals surface area contributed by atoms with Gasteiger partial charge in [-0.1, -0.05) is 5.16 Å². The highest BCUT2D eigenvalue weighted by Gasteiger charge is 2.31. The van der Waals surface area contributed by atoms with Crippen molar-refractivity contribution in [3.8, 4) is 5.75 Å². The number of ether oxygens (including phenoxy) is 1. The molecule has 2 aromatic rings. The molecular weight excluding hydrogens is 335 g/mol. The van der Waals surface area contributed by atoms with Gasteiger partial charge < -0.3 is 9.26 Å². The molecule has 5 nitrogen and oxygen atoms in total. The van der Waals surface area contributed by atoms with Crippen LogP contribution in [0.25, 0.3) is 0 Å². The third-order valence-corrected chi connectivity index (χ3v) is 4.31. The molecule has 0 radical (unpaired) electrons. The second-order valence-corrected chi connectivity index (χ2v) is 6.29. The molecule has 1 fully saturated rings. The van der Waals surface area contributed by atoms with Gasteiger partial charge in [0.15, 0.2) is 5.82 Å². The number of aromatic nitrogens is 2. The molecule has 0 saturated heterocycles. The smallest absolute Gasteiger partial charge is 0.416 e. The molecule has 1 aromatic heterocycles. The van der Waals surface area contributed by atoms with E-state index in [1.54, 1.807) is 0 Å². The average molecular weight is 355 g/mol. The zero-order valence-electron chi connectivity index (χ0n) is 14.1. The molecule has 1 aliphatic rings. The Morgan fingerprint density at radius 2 is 1.96 bits per heavy atom. The fourth-order valence-corrected chi connectivity index (χ4v) is 2.35. The minimum atomic E-state index is -4.34. The van der Waals surface area contributed by atoms with Gasteiger partial charge in [0, 0.05) is 12.5 Å². The summed E-state index contributed by atoms with van der Waals surface area (Å²) < 4.78 is 48.4. The van der Waals surface area contributed by atoms with Crippen LogP contribution in [0.1, 0.15) is 49.0 Å². The van der Waals surface area contributed by atoms with Crippen LogP contribution in [0, 0.1) is 0 Å². The number of benzene rings is 1. The van der Waals surface area contributed by atoms with Gasteiger partial charge in [0.05, 0.1) is 11.6 Å². The van der Waals surface area contributed by atoms with E-state index in [1.165, 1.54) is 12.1 Å². The monoisotopic (exact) mass is 355 g/mol. The van der Waals surface area contributed by atoms with Crippen LogP contribution >= 0.6 is 0 Å². The van der Waals surface area contributed by atoms with Gasteiger partial charge in [-0.05, 0) is 51.1 Å². The van der Waals surface area contributed by atoms with Crippen LogP contribution in [-0.4, -0.2) is 35.2 Å². The third kappa shape index (κ3) is 4.50. The Kier molecular flexibility index (Phi) is 4.99. The van der Waals surface area contributed by atoms with E-state index in [-0.39, 0.29) is 6.04 Å². The first-order chi connectivity index (χ1) is 11.8. The lowest BCUT2D eigenvalue weighted by Gasteiger charge is -2.21. The van der Waals surface area contributed by atoms with E-state index in [2.05, 4.69) is 10.1 Å². The highest BCUT2D eigenvalue weighted by molar-refractivity contribution is 5.28. The van der Waals surface area contributed by atoms with Gasteiger partial charge in [-0.15, -0.1) is 0 Å². The lowest BCUT2D eigenvalue weighted by atomic mass is 10.2. The van der Waals surface area contributed by atoms with Crippen molar-refractivity contribution in [2.24, 2.45) is 0 Å². The van der Waals surface area contributed by atoms with Crippen LogP contribution in [0.2, 0.25) is 0 Å². The second kappa shape index (κ2) is 7.03. The Morgan fingerprint density at radius 1 is 1.28 bits per heavy atom. The molecule has 0 N–H and O–H groups in total. The number of nitrogens with zero attached hydrogens (tertiary/aromatic N) is 3. The maximum Gasteiger partial charge on any atom is 0.416 e. The van der Waals surface area contributed by atoms with Crippen molar-refractivity contribution < 1.29 is 22.4 Å². The van der Waals surface area contributed by atoms with Crippen molar-refractivity contribution in [1.82, 2.24) is 15.0 Å². The molecule has 1 saturated carbocycles. The molecule has 1 aromatic carbocycles. The molecular formula is C17H20F3N3O2. The number of rotatable bonds is 7. The van der Waals surface area contributed by atoms with E-state index in [0.29, 0.717) is 30.7 Å². The number of halogens is 3. The molecule has 1 heterocycles. The summed E-state index contributed by atoms with van der Waals surface area (Å²) in [6.07, 6.45) is -2.11. The van der Waals surface area contributed by atoms with E-state index < -0.39 is 11.7 Å². The van der Waals surface area contributed by atoms with E-state index >= 15 is 0 Å². The summed E-state index contributed by atoms with van der Waals surface area (Å²) in [4.78, 5) is 6.42. The molecule has 0 aliphatic heterocycles. The van der Waals surface area contributed by atoms with Crippen molar-refractivity contribution in [3.63, 3.8) is 0 Å². The summed E-state index contributed by atoms with van der Waals surface area (Å²) >= 11 is 0. The first-order valence-corrected chi connectivity index (χ1v) is 8.18. The molecule has 25 heavy (non-hydrogen) atoms. The fraction of sp³-hybridized carbons (Fsp3) is 0.529. The Hall–Kier alpha value is -2.09. The largest absolute Gasteiger partial charge is 0.492 e. The molecule has 0 bridgehead atoms. The summed E-state index contributed by atoms with van der Waals surface area (Å²) in [7, 11) is 1.90. The highest BCUT2D eigenvalue weighted by atomic mass is 19.4. The Morgan fingerprint density at radius 3 is 2.56 bits per heavy atom. The van der Waals surface area contributed by atoms with Gasteiger partial charge in [-0.25, -0.2) is 0 Å². The first-order valence-electron chi connectivity index (χ1n) is 8.18. The number of likely N-dealkylation sites (N-methyl/N-ethyl adjacent to an activating group) is 1. The molecule has 136 valence electrons. The topological polar surface area (TPSA) is 51.4 Å². The van der Waals surface area contributed by atoms with Gasteiger partial charge >= 0.3 is 6.18 Å². The van der Waals surface area contributed by atoms with Crippen LogP contribution in [0.15, 0.2) is 28.8 Å². The van der Waals surface area contributed by atoms with E-state index in [0.717, 1.165) is 30.8 Å². The van der Waals surface area contributed by atoms with Crippen molar-refractivity contribution in [2.45, 2.75) is 37.9 Å². The van der Waals surface area contributed by atoms with Gasteiger partial charge in [0.2, 0.25) is 5.89 Å². The molecule has 8 heteroatoms. The molecule has 1 aliphatic carbocycles. The zero-order chi connectivity index (χ0) is 18.0. The molecule has 3 rings (SSSR count). The maximum atomic E-state index is 12.5. The van der Waals surface area contributed by atoms with E-state index in [1.807, 2.05) is 18.9 Å². The predicted molar refractivity (Wildman–Crippen MR) is 84.3 cm³/mol. The SMILES string of the molecule is CC(c1nc(C2CC2)no1)N(C)CCOc1ccc(C(F)(F)F)cc1. The number of hydrogen-bond acceptors (Lipinski definition) is 5. The lowest BCUT2D eigenvalue weighted by molar-refractivity contribution is -0.137. The van der Waals surface area contributed by atoms with Crippen LogP contribution < -0.4 is 4.74 Å².